The maximum Gasteiger partial charge on any atom is 0.290 e. The van der Waals surface area contributed by atoms with Crippen LogP contribution in [0.5, 0.6) is 5.75 Å². The highest BCUT2D eigenvalue weighted by Crippen LogP contribution is 2.26. The number of aromatic amines is 1. The minimum absolute atomic E-state index is 0.136. The average Bonchev–Trinajstić information content (AvgIpc) is 2.08. The van der Waals surface area contributed by atoms with Crippen LogP contribution < -0.4 is 5.56 Å². The van der Waals surface area contributed by atoms with Gasteiger partial charge in [0.15, 0.2) is 12.0 Å². The lowest BCUT2D eigenvalue weighted by Crippen LogP contribution is -2.10. The first-order valence-corrected chi connectivity index (χ1v) is 3.25. The van der Waals surface area contributed by atoms with Crippen molar-refractivity contribution in [3.63, 3.8) is 0 Å². The molecule has 0 saturated carbocycles. The Kier molecular flexibility index (Phi) is 2.41. The largest absolute Gasteiger partial charge is 0.503 e. The molecule has 0 bridgehead atoms. The molecule has 0 amide bonds. The second-order valence-corrected chi connectivity index (χ2v) is 2.25. The van der Waals surface area contributed by atoms with Crippen molar-refractivity contribution in [2.75, 3.05) is 0 Å². The number of halogens is 2. The van der Waals surface area contributed by atoms with Gasteiger partial charge in [-0.25, -0.2) is 8.78 Å². The monoisotopic (exact) mass is 189 g/mol. The molecule has 1 aromatic heterocycles. The number of H-pyrrole nitrogens is 1. The van der Waals surface area contributed by atoms with Crippen LogP contribution in [0.15, 0.2) is 11.0 Å². The van der Waals surface area contributed by atoms with Gasteiger partial charge in [-0.15, -0.1) is 0 Å². The fourth-order valence-electron chi connectivity index (χ4n) is 0.875. The van der Waals surface area contributed by atoms with Gasteiger partial charge in [0.1, 0.15) is 0 Å². The number of aromatic nitrogens is 1. The Hall–Kier alpha value is -1.72. The maximum absolute atomic E-state index is 12.2. The van der Waals surface area contributed by atoms with Gasteiger partial charge in [-0.1, -0.05) is 0 Å². The van der Waals surface area contributed by atoms with Gasteiger partial charge in [-0.3, -0.25) is 9.59 Å². The molecule has 6 heteroatoms. The molecule has 0 unspecified atom stereocenters. The molecule has 0 aliphatic carbocycles. The van der Waals surface area contributed by atoms with E-state index in [0.29, 0.717) is 0 Å². The SMILES string of the molecule is O=Cc1c[nH]c(=O)c(O)c1C(F)F. The summed E-state index contributed by atoms with van der Waals surface area (Å²) in [6.45, 7) is 0. The molecule has 1 rings (SSSR count). The molecule has 0 atom stereocenters. The summed E-state index contributed by atoms with van der Waals surface area (Å²) in [6.07, 6.45) is -2.09. The van der Waals surface area contributed by atoms with E-state index in [0.717, 1.165) is 6.20 Å². The van der Waals surface area contributed by atoms with E-state index < -0.39 is 28.9 Å². The number of pyridine rings is 1. The third kappa shape index (κ3) is 1.56. The second-order valence-electron chi connectivity index (χ2n) is 2.25. The van der Waals surface area contributed by atoms with E-state index in [2.05, 4.69) is 0 Å². The summed E-state index contributed by atoms with van der Waals surface area (Å²) in [4.78, 5) is 22.8. The Morgan fingerprint density at radius 3 is 2.62 bits per heavy atom. The number of nitrogens with one attached hydrogen (secondary N) is 1. The van der Waals surface area contributed by atoms with E-state index in [1.54, 1.807) is 0 Å². The topological polar surface area (TPSA) is 70.2 Å². The average molecular weight is 189 g/mol. The van der Waals surface area contributed by atoms with Crippen molar-refractivity contribution >= 4 is 6.29 Å². The number of hydrogen-bond acceptors (Lipinski definition) is 3. The Labute approximate surface area is 70.8 Å². The molecule has 0 saturated heterocycles. The number of aromatic hydroxyl groups is 1. The first-order valence-electron chi connectivity index (χ1n) is 3.25. The highest BCUT2D eigenvalue weighted by molar-refractivity contribution is 5.78. The number of aldehydes is 1. The first-order chi connectivity index (χ1) is 6.07. The normalized spacial score (nSPS) is 10.4. The molecule has 1 aromatic rings. The van der Waals surface area contributed by atoms with Crippen molar-refractivity contribution in [2.45, 2.75) is 6.43 Å². The third-order valence-corrected chi connectivity index (χ3v) is 1.49. The molecule has 0 fully saturated rings. The molecule has 13 heavy (non-hydrogen) atoms. The van der Waals surface area contributed by atoms with Crippen LogP contribution in [-0.2, 0) is 0 Å². The Morgan fingerprint density at radius 1 is 1.54 bits per heavy atom. The van der Waals surface area contributed by atoms with Crippen molar-refractivity contribution in [3.05, 3.63) is 27.7 Å². The standard InChI is InChI=1S/C7H5F2NO3/c8-6(9)4-3(2-11)1-10-7(13)5(4)12/h1-2,6,12H,(H,10,13). The molecule has 4 nitrogen and oxygen atoms in total. The molecule has 2 N–H and O–H groups in total. The number of rotatable bonds is 2. The Balaban J connectivity index is 3.50. The van der Waals surface area contributed by atoms with E-state index in [1.165, 1.54) is 0 Å². The molecular weight excluding hydrogens is 184 g/mol. The van der Waals surface area contributed by atoms with Crippen molar-refractivity contribution in [1.82, 2.24) is 4.98 Å². The van der Waals surface area contributed by atoms with Crippen molar-refractivity contribution in [2.24, 2.45) is 0 Å². The number of carbonyl (C=O) groups excluding carboxylic acids is 1. The summed E-state index contributed by atoms with van der Waals surface area (Å²) < 4.78 is 24.4. The lowest BCUT2D eigenvalue weighted by Gasteiger charge is -2.03. The van der Waals surface area contributed by atoms with Gasteiger partial charge < -0.3 is 10.1 Å². The lowest BCUT2D eigenvalue weighted by molar-refractivity contribution is 0.110. The van der Waals surface area contributed by atoms with Crippen LogP contribution in [0.3, 0.4) is 0 Å². The van der Waals surface area contributed by atoms with Gasteiger partial charge in [0, 0.05) is 11.8 Å². The summed E-state index contributed by atoms with van der Waals surface area (Å²) in [5.74, 6) is -1.11. The molecule has 70 valence electrons. The van der Waals surface area contributed by atoms with Crippen LogP contribution in [0.2, 0.25) is 0 Å². The van der Waals surface area contributed by atoms with Gasteiger partial charge in [-0.05, 0) is 0 Å². The first kappa shape index (κ1) is 9.37. The van der Waals surface area contributed by atoms with E-state index in [-0.39, 0.29) is 6.29 Å². The highest BCUT2D eigenvalue weighted by atomic mass is 19.3. The number of carbonyl (C=O) groups is 1. The van der Waals surface area contributed by atoms with E-state index in [1.807, 2.05) is 4.98 Å². The second kappa shape index (κ2) is 3.34. The van der Waals surface area contributed by atoms with Crippen LogP contribution in [0, 0.1) is 0 Å². The minimum atomic E-state index is -3.05. The summed E-state index contributed by atoms with van der Waals surface area (Å²) >= 11 is 0. The van der Waals surface area contributed by atoms with Gasteiger partial charge in [0.2, 0.25) is 0 Å². The summed E-state index contributed by atoms with van der Waals surface area (Å²) in [5.41, 5.74) is -2.40. The van der Waals surface area contributed by atoms with Crippen LogP contribution in [-0.4, -0.2) is 16.4 Å². The quantitative estimate of drug-likeness (QED) is 0.677. The maximum atomic E-state index is 12.2. The number of hydrogen-bond donors (Lipinski definition) is 2. The predicted molar refractivity (Wildman–Crippen MR) is 39.1 cm³/mol. The fraction of sp³-hybridized carbons (Fsp3) is 0.143. The van der Waals surface area contributed by atoms with Gasteiger partial charge >= 0.3 is 0 Å². The summed E-state index contributed by atoms with van der Waals surface area (Å²) in [6, 6.07) is 0. The van der Waals surface area contributed by atoms with Crippen LogP contribution in [0.4, 0.5) is 8.78 Å². The highest BCUT2D eigenvalue weighted by Gasteiger charge is 2.19. The Morgan fingerprint density at radius 2 is 2.15 bits per heavy atom. The zero-order valence-corrected chi connectivity index (χ0v) is 6.25. The zero-order valence-electron chi connectivity index (χ0n) is 6.25. The van der Waals surface area contributed by atoms with Crippen molar-refractivity contribution in [3.8, 4) is 5.75 Å². The van der Waals surface area contributed by atoms with Crippen molar-refractivity contribution in [1.29, 1.82) is 0 Å². The molecule has 0 aliphatic heterocycles. The van der Waals surface area contributed by atoms with Crippen LogP contribution in [0.25, 0.3) is 0 Å². The smallest absolute Gasteiger partial charge is 0.290 e. The van der Waals surface area contributed by atoms with Gasteiger partial charge in [0.05, 0.1) is 5.56 Å². The molecule has 0 spiro atoms. The summed E-state index contributed by atoms with van der Waals surface area (Å²) in [7, 11) is 0. The third-order valence-electron chi connectivity index (χ3n) is 1.49. The fourth-order valence-corrected chi connectivity index (χ4v) is 0.875. The predicted octanol–water partition coefficient (Wildman–Crippen LogP) is 0.831. The number of alkyl halides is 2. The van der Waals surface area contributed by atoms with Gasteiger partial charge in [-0.2, -0.15) is 0 Å². The molecule has 0 aliphatic rings. The van der Waals surface area contributed by atoms with Crippen LogP contribution >= 0.6 is 0 Å². The molecule has 1 heterocycles. The lowest BCUT2D eigenvalue weighted by atomic mass is 10.1. The molecular formula is C7H5F2NO3. The van der Waals surface area contributed by atoms with Gasteiger partial charge in [0.25, 0.3) is 12.0 Å². The van der Waals surface area contributed by atoms with E-state index >= 15 is 0 Å². The zero-order chi connectivity index (χ0) is 10.0. The minimum Gasteiger partial charge on any atom is -0.503 e. The molecule has 0 aromatic carbocycles. The van der Waals surface area contributed by atoms with Crippen molar-refractivity contribution < 1.29 is 18.7 Å². The molecule has 0 radical (unpaired) electrons. The summed E-state index contributed by atoms with van der Waals surface area (Å²) in [5, 5.41) is 8.90. The Bertz CT molecular complexity index is 386. The van der Waals surface area contributed by atoms with E-state index in [9.17, 15) is 18.4 Å². The van der Waals surface area contributed by atoms with Crippen LogP contribution in [0.1, 0.15) is 22.3 Å². The van der Waals surface area contributed by atoms with E-state index in [4.69, 9.17) is 5.11 Å².